The van der Waals surface area contributed by atoms with E-state index in [9.17, 15) is 4.79 Å². The van der Waals surface area contributed by atoms with Gasteiger partial charge in [-0.2, -0.15) is 5.10 Å². The van der Waals surface area contributed by atoms with Crippen LogP contribution in [0, 0.1) is 6.92 Å². The first-order valence-corrected chi connectivity index (χ1v) is 11.2. The molecule has 4 heteroatoms. The highest BCUT2D eigenvalue weighted by Crippen LogP contribution is 2.27. The first kappa shape index (κ1) is 21.4. The highest BCUT2D eigenvalue weighted by molar-refractivity contribution is 6.13. The fourth-order valence-electron chi connectivity index (χ4n) is 3.96. The minimum atomic E-state index is -0.272. The van der Waals surface area contributed by atoms with Gasteiger partial charge < -0.3 is 4.74 Å². The van der Waals surface area contributed by atoms with E-state index in [1.165, 1.54) is 5.56 Å². The van der Waals surface area contributed by atoms with Crippen LogP contribution in [0.1, 0.15) is 27.0 Å². The molecule has 0 heterocycles. The third-order valence-electron chi connectivity index (χ3n) is 5.82. The minimum Gasteiger partial charge on any atom is -0.489 e. The molecule has 0 spiro atoms. The van der Waals surface area contributed by atoms with Crippen LogP contribution >= 0.6 is 0 Å². The molecule has 0 aromatic heterocycles. The van der Waals surface area contributed by atoms with Crippen LogP contribution in [0.4, 0.5) is 0 Å². The number of nitrogens with zero attached hydrogens (tertiary/aromatic N) is 1. The second-order valence-corrected chi connectivity index (χ2v) is 8.23. The Hall–Kier alpha value is -4.44. The molecule has 0 aliphatic carbocycles. The number of hydrogen-bond donors (Lipinski definition) is 1. The highest BCUT2D eigenvalue weighted by Gasteiger charge is 2.07. The van der Waals surface area contributed by atoms with Crippen molar-refractivity contribution in [3.8, 4) is 5.75 Å². The van der Waals surface area contributed by atoms with Crippen molar-refractivity contribution in [1.29, 1.82) is 0 Å². The molecule has 34 heavy (non-hydrogen) atoms. The summed E-state index contributed by atoms with van der Waals surface area (Å²) >= 11 is 0. The van der Waals surface area contributed by atoms with E-state index in [4.69, 9.17) is 4.74 Å². The second-order valence-electron chi connectivity index (χ2n) is 8.23. The van der Waals surface area contributed by atoms with Crippen LogP contribution in [0.15, 0.2) is 108 Å². The maximum atomic E-state index is 12.6. The first-order chi connectivity index (χ1) is 16.7. The summed E-state index contributed by atoms with van der Waals surface area (Å²) in [5.74, 6) is 0.439. The molecule has 0 unspecified atom stereocenters. The van der Waals surface area contributed by atoms with Gasteiger partial charge >= 0.3 is 0 Å². The number of rotatable bonds is 6. The van der Waals surface area contributed by atoms with Gasteiger partial charge in [-0.15, -0.1) is 0 Å². The van der Waals surface area contributed by atoms with Gasteiger partial charge in [0.05, 0.1) is 6.21 Å². The number of nitrogens with one attached hydrogen (secondary N) is 1. The standard InChI is InChI=1S/C30H24N2O2/c1-21-10-12-22(13-11-21)20-34-26-16-14-23(15-17-26)30(33)32-31-19-29-27-8-4-2-6-24(27)18-25-7-3-5-9-28(25)29/h2-19H,20H2,1H3,(H,32,33). The van der Waals surface area contributed by atoms with Gasteiger partial charge in [0.15, 0.2) is 0 Å². The fourth-order valence-corrected chi connectivity index (χ4v) is 3.96. The van der Waals surface area contributed by atoms with Gasteiger partial charge in [-0.1, -0.05) is 78.4 Å². The van der Waals surface area contributed by atoms with Crippen molar-refractivity contribution >= 4 is 33.7 Å². The van der Waals surface area contributed by atoms with Crippen LogP contribution in [0.3, 0.4) is 0 Å². The van der Waals surface area contributed by atoms with Crippen LogP contribution in [0.2, 0.25) is 0 Å². The van der Waals surface area contributed by atoms with Gasteiger partial charge in [-0.05, 0) is 64.4 Å². The van der Waals surface area contributed by atoms with E-state index in [0.717, 1.165) is 32.7 Å². The van der Waals surface area contributed by atoms with Crippen molar-refractivity contribution < 1.29 is 9.53 Å². The molecule has 0 saturated heterocycles. The van der Waals surface area contributed by atoms with Crippen molar-refractivity contribution in [2.75, 3.05) is 0 Å². The van der Waals surface area contributed by atoms with E-state index in [0.29, 0.717) is 17.9 Å². The Morgan fingerprint density at radius 3 is 2.09 bits per heavy atom. The molecular weight excluding hydrogens is 420 g/mol. The number of amides is 1. The van der Waals surface area contributed by atoms with Crippen molar-refractivity contribution in [2.24, 2.45) is 5.10 Å². The quantitative estimate of drug-likeness (QED) is 0.181. The van der Waals surface area contributed by atoms with Gasteiger partial charge in [0.25, 0.3) is 5.91 Å². The molecule has 0 fully saturated rings. The lowest BCUT2D eigenvalue weighted by Gasteiger charge is -2.08. The molecule has 1 amide bonds. The van der Waals surface area contributed by atoms with E-state index < -0.39 is 0 Å². The smallest absolute Gasteiger partial charge is 0.271 e. The van der Waals surface area contributed by atoms with Crippen molar-refractivity contribution in [1.82, 2.24) is 5.43 Å². The van der Waals surface area contributed by atoms with Crippen LogP contribution in [0.25, 0.3) is 21.5 Å². The third-order valence-corrected chi connectivity index (χ3v) is 5.82. The lowest BCUT2D eigenvalue weighted by Crippen LogP contribution is -2.17. The normalized spacial score (nSPS) is 11.2. The summed E-state index contributed by atoms with van der Waals surface area (Å²) in [5, 5.41) is 8.72. The van der Waals surface area contributed by atoms with Crippen LogP contribution < -0.4 is 10.2 Å². The molecule has 0 bridgehead atoms. The number of benzene rings is 5. The SMILES string of the molecule is Cc1ccc(COc2ccc(C(=O)NN=Cc3c4ccccc4cc4ccccc34)cc2)cc1. The van der Waals surface area contributed by atoms with Crippen molar-refractivity contribution in [3.63, 3.8) is 0 Å². The Morgan fingerprint density at radius 2 is 1.44 bits per heavy atom. The summed E-state index contributed by atoms with van der Waals surface area (Å²) in [6.07, 6.45) is 1.72. The summed E-state index contributed by atoms with van der Waals surface area (Å²) in [4.78, 5) is 12.6. The molecular formula is C30H24N2O2. The highest BCUT2D eigenvalue weighted by atomic mass is 16.5. The second kappa shape index (κ2) is 9.59. The van der Waals surface area contributed by atoms with E-state index >= 15 is 0 Å². The predicted octanol–water partition coefficient (Wildman–Crippen LogP) is 6.64. The van der Waals surface area contributed by atoms with Crippen molar-refractivity contribution in [2.45, 2.75) is 13.5 Å². The van der Waals surface area contributed by atoms with E-state index in [1.807, 2.05) is 36.4 Å². The minimum absolute atomic E-state index is 0.272. The Kier molecular flexibility index (Phi) is 6.04. The average molecular weight is 445 g/mol. The van der Waals surface area contributed by atoms with Gasteiger partial charge in [-0.3, -0.25) is 4.79 Å². The lowest BCUT2D eigenvalue weighted by atomic mass is 9.97. The molecule has 0 radical (unpaired) electrons. The topological polar surface area (TPSA) is 50.7 Å². The number of hydrazone groups is 1. The molecule has 5 aromatic rings. The van der Waals surface area contributed by atoms with Gasteiger partial charge in [0, 0.05) is 11.1 Å². The van der Waals surface area contributed by atoms with Gasteiger partial charge in [-0.25, -0.2) is 5.43 Å². The first-order valence-electron chi connectivity index (χ1n) is 11.2. The number of carbonyl (C=O) groups excluding carboxylic acids is 1. The number of carbonyl (C=O) groups is 1. The predicted molar refractivity (Wildman–Crippen MR) is 138 cm³/mol. The van der Waals surface area contributed by atoms with Crippen LogP contribution in [-0.2, 0) is 6.61 Å². The Balaban J connectivity index is 1.28. The Labute approximate surface area is 198 Å². The van der Waals surface area contributed by atoms with Gasteiger partial charge in [0.1, 0.15) is 12.4 Å². The third kappa shape index (κ3) is 4.66. The summed E-state index contributed by atoms with van der Waals surface area (Å²) in [6, 6.07) is 33.8. The zero-order valence-corrected chi connectivity index (χ0v) is 18.9. The maximum absolute atomic E-state index is 12.6. The summed E-state index contributed by atoms with van der Waals surface area (Å²) in [6.45, 7) is 2.54. The fraction of sp³-hybridized carbons (Fsp3) is 0.0667. The van der Waals surface area contributed by atoms with Crippen molar-refractivity contribution in [3.05, 3.63) is 125 Å². The Bertz CT molecular complexity index is 1430. The molecule has 1 N–H and O–H groups in total. The monoisotopic (exact) mass is 444 g/mol. The largest absolute Gasteiger partial charge is 0.489 e. The molecule has 0 atom stereocenters. The molecule has 5 aromatic carbocycles. The number of hydrogen-bond acceptors (Lipinski definition) is 3. The molecule has 166 valence electrons. The number of fused-ring (bicyclic) bond motifs is 2. The zero-order chi connectivity index (χ0) is 23.3. The van der Waals surface area contributed by atoms with E-state index in [2.05, 4.69) is 59.9 Å². The van der Waals surface area contributed by atoms with E-state index in [1.54, 1.807) is 30.5 Å². The summed E-state index contributed by atoms with van der Waals surface area (Å²) in [5.41, 5.74) is 6.46. The number of aryl methyl sites for hydroxylation is 1. The Morgan fingerprint density at radius 1 is 0.824 bits per heavy atom. The van der Waals surface area contributed by atoms with Crippen LogP contribution in [-0.4, -0.2) is 12.1 Å². The average Bonchev–Trinajstić information content (AvgIpc) is 2.88. The molecule has 4 nitrogen and oxygen atoms in total. The lowest BCUT2D eigenvalue weighted by molar-refractivity contribution is 0.0955. The maximum Gasteiger partial charge on any atom is 0.271 e. The molecule has 5 rings (SSSR count). The van der Waals surface area contributed by atoms with Gasteiger partial charge in [0.2, 0.25) is 0 Å². The van der Waals surface area contributed by atoms with E-state index in [-0.39, 0.29) is 5.91 Å². The molecule has 0 saturated carbocycles. The number of ether oxygens (including phenoxy) is 1. The summed E-state index contributed by atoms with van der Waals surface area (Å²) < 4.78 is 5.83. The zero-order valence-electron chi connectivity index (χ0n) is 18.9. The molecule has 0 aliphatic rings. The van der Waals surface area contributed by atoms with Crippen LogP contribution in [0.5, 0.6) is 5.75 Å². The molecule has 0 aliphatic heterocycles. The summed E-state index contributed by atoms with van der Waals surface area (Å²) in [7, 11) is 0.